The number of carbonyl (C=O) groups is 1. The van der Waals surface area contributed by atoms with E-state index in [4.69, 9.17) is 4.98 Å². The number of anilines is 4. The first-order chi connectivity index (χ1) is 13.1. The van der Waals surface area contributed by atoms with Gasteiger partial charge in [0.25, 0.3) is 0 Å². The second-order valence-corrected chi connectivity index (χ2v) is 7.24. The highest BCUT2D eigenvalue weighted by molar-refractivity contribution is 5.98. The molecule has 0 saturated heterocycles. The number of aryl methyl sites for hydroxylation is 1. The molecule has 1 fully saturated rings. The predicted molar refractivity (Wildman–Crippen MR) is 107 cm³/mol. The molecule has 0 spiro atoms. The van der Waals surface area contributed by atoms with Crippen molar-refractivity contribution >= 4 is 29.2 Å². The van der Waals surface area contributed by atoms with Crippen LogP contribution in [0.1, 0.15) is 38.2 Å². The van der Waals surface area contributed by atoms with Crippen LogP contribution >= 0.6 is 0 Å². The monoisotopic (exact) mass is 366 g/mol. The lowest BCUT2D eigenvalue weighted by Gasteiger charge is -2.45. The van der Waals surface area contributed by atoms with Crippen LogP contribution in [0.5, 0.6) is 0 Å². The molecular weight excluding hydrogens is 340 g/mol. The first-order valence-electron chi connectivity index (χ1n) is 9.63. The number of rotatable bonds is 4. The van der Waals surface area contributed by atoms with E-state index in [1.807, 2.05) is 24.1 Å². The number of carbonyl (C=O) groups excluding carboxylic acids is 1. The smallest absolute Gasteiger partial charge is 0.324 e. The first kappa shape index (κ1) is 17.6. The van der Waals surface area contributed by atoms with E-state index in [9.17, 15) is 4.79 Å². The molecule has 1 aromatic heterocycles. The Morgan fingerprint density at radius 3 is 2.74 bits per heavy atom. The van der Waals surface area contributed by atoms with Crippen molar-refractivity contribution in [3.05, 3.63) is 36.0 Å². The summed E-state index contributed by atoms with van der Waals surface area (Å²) >= 11 is 0. The maximum absolute atomic E-state index is 12.8. The quantitative estimate of drug-likeness (QED) is 0.883. The number of amides is 2. The highest BCUT2D eigenvalue weighted by Gasteiger charge is 2.39. The average molecular weight is 366 g/mol. The van der Waals surface area contributed by atoms with Gasteiger partial charge < -0.3 is 5.32 Å². The SMILES string of the molecule is CCN1C(=O)N(C)c2cnc(Nc3cccc(C)c3)nc2N1C1CCCC1. The van der Waals surface area contributed by atoms with Crippen molar-refractivity contribution in [1.29, 1.82) is 0 Å². The third kappa shape index (κ3) is 3.18. The summed E-state index contributed by atoms with van der Waals surface area (Å²) in [6.07, 6.45) is 6.29. The van der Waals surface area contributed by atoms with Crippen LogP contribution in [0.3, 0.4) is 0 Å². The Hall–Kier alpha value is -2.83. The van der Waals surface area contributed by atoms with Crippen LogP contribution in [0.25, 0.3) is 0 Å². The first-order valence-corrected chi connectivity index (χ1v) is 9.63. The lowest BCUT2D eigenvalue weighted by Crippen LogP contribution is -2.59. The highest BCUT2D eigenvalue weighted by atomic mass is 16.2. The molecule has 0 bridgehead atoms. The summed E-state index contributed by atoms with van der Waals surface area (Å²) in [4.78, 5) is 23.7. The van der Waals surface area contributed by atoms with Gasteiger partial charge in [0.05, 0.1) is 12.2 Å². The zero-order valence-corrected chi connectivity index (χ0v) is 16.1. The molecular formula is C20H26N6O. The van der Waals surface area contributed by atoms with E-state index in [0.717, 1.165) is 30.0 Å². The molecule has 7 nitrogen and oxygen atoms in total. The van der Waals surface area contributed by atoms with Gasteiger partial charge in [-0.1, -0.05) is 25.0 Å². The largest absolute Gasteiger partial charge is 0.343 e. The van der Waals surface area contributed by atoms with Gasteiger partial charge in [0.2, 0.25) is 5.95 Å². The van der Waals surface area contributed by atoms with Gasteiger partial charge in [-0.15, -0.1) is 0 Å². The number of nitrogens with zero attached hydrogens (tertiary/aromatic N) is 5. The van der Waals surface area contributed by atoms with Gasteiger partial charge in [-0.25, -0.2) is 14.8 Å². The third-order valence-electron chi connectivity index (χ3n) is 5.34. The van der Waals surface area contributed by atoms with E-state index in [1.165, 1.54) is 18.4 Å². The van der Waals surface area contributed by atoms with Gasteiger partial charge in [-0.3, -0.25) is 9.91 Å². The summed E-state index contributed by atoms with van der Waals surface area (Å²) in [5.41, 5.74) is 2.88. The van der Waals surface area contributed by atoms with E-state index in [-0.39, 0.29) is 6.03 Å². The topological polar surface area (TPSA) is 64.6 Å². The molecule has 1 aromatic carbocycles. The predicted octanol–water partition coefficient (Wildman–Crippen LogP) is 4.08. The zero-order valence-electron chi connectivity index (χ0n) is 16.1. The van der Waals surface area contributed by atoms with Crippen LogP contribution in [-0.2, 0) is 0 Å². The Labute approximate surface area is 160 Å². The normalized spacial score (nSPS) is 17.4. The van der Waals surface area contributed by atoms with Crippen molar-refractivity contribution in [2.24, 2.45) is 0 Å². The van der Waals surface area contributed by atoms with E-state index < -0.39 is 0 Å². The standard InChI is InChI=1S/C20H26N6O/c1-4-25-20(27)24(3)17-13-21-19(22-15-9-7-8-14(2)12-15)23-18(17)26(25)16-10-5-6-11-16/h7-9,12-13,16H,4-6,10-11H2,1-3H3,(H,21,22,23). The molecule has 1 aliphatic carbocycles. The molecule has 2 amide bonds. The molecule has 2 heterocycles. The summed E-state index contributed by atoms with van der Waals surface area (Å²) in [6.45, 7) is 4.68. The lowest BCUT2D eigenvalue weighted by atomic mass is 10.2. The summed E-state index contributed by atoms with van der Waals surface area (Å²) < 4.78 is 0. The Kier molecular flexibility index (Phi) is 4.59. The molecule has 1 saturated carbocycles. The van der Waals surface area contributed by atoms with Crippen LogP contribution < -0.4 is 15.2 Å². The van der Waals surface area contributed by atoms with Crippen molar-refractivity contribution < 1.29 is 4.79 Å². The number of fused-ring (bicyclic) bond motifs is 1. The number of hydrogen-bond donors (Lipinski definition) is 1. The van der Waals surface area contributed by atoms with Crippen molar-refractivity contribution in [1.82, 2.24) is 15.0 Å². The van der Waals surface area contributed by atoms with Gasteiger partial charge >= 0.3 is 6.03 Å². The average Bonchev–Trinajstić information content (AvgIpc) is 3.18. The zero-order chi connectivity index (χ0) is 19.0. The van der Waals surface area contributed by atoms with Crippen molar-refractivity contribution in [3.8, 4) is 0 Å². The number of hydrazine groups is 1. The van der Waals surface area contributed by atoms with E-state index in [2.05, 4.69) is 34.4 Å². The maximum Gasteiger partial charge on any atom is 0.343 e. The Morgan fingerprint density at radius 1 is 1.26 bits per heavy atom. The van der Waals surface area contributed by atoms with E-state index in [1.54, 1.807) is 18.1 Å². The minimum Gasteiger partial charge on any atom is -0.324 e. The fraction of sp³-hybridized carbons (Fsp3) is 0.450. The molecule has 0 radical (unpaired) electrons. The molecule has 27 heavy (non-hydrogen) atoms. The number of urea groups is 1. The van der Waals surface area contributed by atoms with Gasteiger partial charge in [0.1, 0.15) is 5.69 Å². The second kappa shape index (κ2) is 7.06. The molecule has 1 aliphatic heterocycles. The minimum absolute atomic E-state index is 0.0279. The van der Waals surface area contributed by atoms with E-state index >= 15 is 0 Å². The molecule has 1 N–H and O–H groups in total. The van der Waals surface area contributed by atoms with Crippen LogP contribution in [0.4, 0.5) is 27.9 Å². The lowest BCUT2D eigenvalue weighted by molar-refractivity contribution is 0.191. The maximum atomic E-state index is 12.8. The van der Waals surface area contributed by atoms with Gasteiger partial charge in [-0.05, 0) is 44.4 Å². The van der Waals surface area contributed by atoms with Crippen molar-refractivity contribution in [2.45, 2.75) is 45.6 Å². The molecule has 142 valence electrons. The van der Waals surface area contributed by atoms with Gasteiger partial charge in [-0.2, -0.15) is 4.98 Å². The fourth-order valence-electron chi connectivity index (χ4n) is 3.97. The fourth-order valence-corrected chi connectivity index (χ4v) is 3.97. The summed E-state index contributed by atoms with van der Waals surface area (Å²) in [5.74, 6) is 1.34. The Balaban J connectivity index is 1.74. The molecule has 4 rings (SSSR count). The van der Waals surface area contributed by atoms with Crippen LogP contribution in [0.2, 0.25) is 0 Å². The van der Waals surface area contributed by atoms with Crippen molar-refractivity contribution in [2.75, 3.05) is 28.8 Å². The Bertz CT molecular complexity index is 848. The summed E-state index contributed by atoms with van der Waals surface area (Å²) in [5, 5.41) is 7.21. The van der Waals surface area contributed by atoms with Crippen LogP contribution in [-0.4, -0.2) is 40.6 Å². The highest BCUT2D eigenvalue weighted by Crippen LogP contribution is 2.38. The molecule has 0 atom stereocenters. The molecule has 7 heteroatoms. The van der Waals surface area contributed by atoms with Crippen LogP contribution in [0.15, 0.2) is 30.5 Å². The number of nitrogens with one attached hydrogen (secondary N) is 1. The second-order valence-electron chi connectivity index (χ2n) is 7.24. The van der Waals surface area contributed by atoms with Crippen LogP contribution in [0, 0.1) is 6.92 Å². The number of benzene rings is 1. The molecule has 2 aromatic rings. The molecule has 2 aliphatic rings. The minimum atomic E-state index is -0.0279. The van der Waals surface area contributed by atoms with Crippen molar-refractivity contribution in [3.63, 3.8) is 0 Å². The summed E-state index contributed by atoms with van der Waals surface area (Å²) in [7, 11) is 1.78. The molecule has 0 unspecified atom stereocenters. The summed E-state index contributed by atoms with van der Waals surface area (Å²) in [6, 6.07) is 8.40. The van der Waals surface area contributed by atoms with Gasteiger partial charge in [0, 0.05) is 19.3 Å². The van der Waals surface area contributed by atoms with E-state index in [0.29, 0.717) is 18.5 Å². The van der Waals surface area contributed by atoms with Gasteiger partial charge in [0.15, 0.2) is 5.82 Å². The third-order valence-corrected chi connectivity index (χ3v) is 5.34. The Morgan fingerprint density at radius 2 is 2.04 bits per heavy atom. The number of aromatic nitrogens is 2. The number of hydrogen-bond acceptors (Lipinski definition) is 5.